The van der Waals surface area contributed by atoms with E-state index in [0.29, 0.717) is 0 Å². The van der Waals surface area contributed by atoms with Crippen molar-refractivity contribution in [3.8, 4) is 5.75 Å². The lowest BCUT2D eigenvalue weighted by atomic mass is 10.0. The van der Waals surface area contributed by atoms with E-state index >= 15 is 0 Å². The van der Waals surface area contributed by atoms with Crippen molar-refractivity contribution < 1.29 is 9.53 Å². The summed E-state index contributed by atoms with van der Waals surface area (Å²) in [5.41, 5.74) is 1.16. The summed E-state index contributed by atoms with van der Waals surface area (Å²) in [7, 11) is 0. The molecule has 0 radical (unpaired) electrons. The highest BCUT2D eigenvalue weighted by molar-refractivity contribution is 14.1. The molecule has 74 valence electrons. The summed E-state index contributed by atoms with van der Waals surface area (Å²) in [6.45, 7) is 0. The first-order valence-electron chi connectivity index (χ1n) is 4.26. The van der Waals surface area contributed by atoms with Crippen LogP contribution >= 0.6 is 38.5 Å². The number of ether oxygens (including phenoxy) is 1. The van der Waals surface area contributed by atoms with E-state index in [1.165, 1.54) is 0 Å². The summed E-state index contributed by atoms with van der Waals surface area (Å²) in [5.74, 6) is 0.820. The lowest BCUT2D eigenvalue weighted by Crippen LogP contribution is -2.34. The second kappa shape index (κ2) is 3.81. The second-order valence-corrected chi connectivity index (χ2v) is 6.00. The van der Waals surface area contributed by atoms with Gasteiger partial charge in [0.15, 0.2) is 6.29 Å². The molecule has 0 aliphatic carbocycles. The molecule has 2 nitrogen and oxygen atoms in total. The molecule has 1 unspecified atom stereocenters. The van der Waals surface area contributed by atoms with E-state index < -0.39 is 3.61 Å². The first-order valence-corrected chi connectivity index (χ1v) is 6.13. The highest BCUT2D eigenvalue weighted by Crippen LogP contribution is 2.37. The van der Waals surface area contributed by atoms with Crippen LogP contribution in [0.3, 0.4) is 0 Å². The van der Waals surface area contributed by atoms with Crippen LogP contribution in [0.25, 0.3) is 0 Å². The van der Waals surface area contributed by atoms with Crippen LogP contribution in [-0.2, 0) is 11.2 Å². The van der Waals surface area contributed by atoms with Gasteiger partial charge in [-0.3, -0.25) is 4.79 Å². The quantitative estimate of drug-likeness (QED) is 0.433. The molecular formula is C10H8BrIO2. The maximum atomic E-state index is 10.8. The minimum absolute atomic E-state index is 0.668. The van der Waals surface area contributed by atoms with Crippen molar-refractivity contribution in [2.75, 3.05) is 0 Å². The molecule has 1 aliphatic heterocycles. The van der Waals surface area contributed by atoms with Gasteiger partial charge in [-0.05, 0) is 52.8 Å². The third kappa shape index (κ3) is 1.95. The van der Waals surface area contributed by atoms with E-state index in [1.54, 1.807) is 0 Å². The molecule has 1 atom stereocenters. The van der Waals surface area contributed by atoms with Gasteiger partial charge >= 0.3 is 0 Å². The van der Waals surface area contributed by atoms with Crippen molar-refractivity contribution in [3.05, 3.63) is 28.2 Å². The molecule has 4 heteroatoms. The van der Waals surface area contributed by atoms with Gasteiger partial charge in [-0.15, -0.1) is 0 Å². The van der Waals surface area contributed by atoms with Gasteiger partial charge in [0.2, 0.25) is 3.61 Å². The fourth-order valence-corrected chi connectivity index (χ4v) is 2.38. The normalized spacial score (nSPS) is 25.0. The Hall–Kier alpha value is -0.100. The zero-order valence-electron chi connectivity index (χ0n) is 7.30. The van der Waals surface area contributed by atoms with Crippen LogP contribution in [0.15, 0.2) is 22.7 Å². The van der Waals surface area contributed by atoms with Gasteiger partial charge in [0.1, 0.15) is 5.75 Å². The van der Waals surface area contributed by atoms with Crippen LogP contribution in [0.1, 0.15) is 12.0 Å². The largest absolute Gasteiger partial charge is 0.469 e. The smallest absolute Gasteiger partial charge is 0.214 e. The molecule has 2 rings (SSSR count). The first kappa shape index (κ1) is 10.4. The topological polar surface area (TPSA) is 26.3 Å². The summed E-state index contributed by atoms with van der Waals surface area (Å²) >= 11 is 5.47. The molecule has 0 saturated heterocycles. The number of fused-ring (bicyclic) bond motifs is 1. The van der Waals surface area contributed by atoms with Crippen LogP contribution < -0.4 is 4.74 Å². The highest BCUT2D eigenvalue weighted by Gasteiger charge is 2.32. The highest BCUT2D eigenvalue weighted by atomic mass is 127. The van der Waals surface area contributed by atoms with Gasteiger partial charge in [0, 0.05) is 10.9 Å². The fourth-order valence-electron chi connectivity index (χ4n) is 1.46. The number of hydrogen-bond acceptors (Lipinski definition) is 2. The molecule has 0 saturated carbocycles. The summed E-state index contributed by atoms with van der Waals surface area (Å²) in [6.07, 6.45) is 2.50. The number of rotatable bonds is 1. The van der Waals surface area contributed by atoms with Crippen molar-refractivity contribution in [1.82, 2.24) is 0 Å². The standard InChI is InChI=1S/C10H8BrIO2/c11-8-1-2-9-7(5-8)3-4-10(12,6-13)14-9/h1-2,5-6H,3-4H2. The summed E-state index contributed by atoms with van der Waals surface area (Å²) in [6, 6.07) is 5.86. The van der Waals surface area contributed by atoms with Gasteiger partial charge in [-0.2, -0.15) is 0 Å². The predicted octanol–water partition coefficient (Wildman–Crippen LogP) is 3.10. The summed E-state index contributed by atoms with van der Waals surface area (Å²) in [4.78, 5) is 10.8. The zero-order chi connectivity index (χ0) is 10.2. The second-order valence-electron chi connectivity index (χ2n) is 3.26. The van der Waals surface area contributed by atoms with E-state index in [2.05, 4.69) is 38.5 Å². The van der Waals surface area contributed by atoms with Gasteiger partial charge in [0.25, 0.3) is 0 Å². The minimum Gasteiger partial charge on any atom is -0.469 e. The van der Waals surface area contributed by atoms with Gasteiger partial charge < -0.3 is 4.74 Å². The number of alkyl halides is 1. The van der Waals surface area contributed by atoms with E-state index in [0.717, 1.165) is 34.9 Å². The van der Waals surface area contributed by atoms with E-state index in [4.69, 9.17) is 4.74 Å². The molecule has 1 aromatic carbocycles. The van der Waals surface area contributed by atoms with Crippen LogP contribution in [-0.4, -0.2) is 9.89 Å². The van der Waals surface area contributed by atoms with Gasteiger partial charge in [0.05, 0.1) is 0 Å². The third-order valence-electron chi connectivity index (χ3n) is 2.21. The molecule has 0 spiro atoms. The van der Waals surface area contributed by atoms with E-state index in [1.807, 2.05) is 18.2 Å². The number of carbonyl (C=O) groups is 1. The predicted molar refractivity (Wildman–Crippen MR) is 65.9 cm³/mol. The molecule has 0 bridgehead atoms. The van der Waals surface area contributed by atoms with Crippen molar-refractivity contribution in [3.63, 3.8) is 0 Å². The monoisotopic (exact) mass is 366 g/mol. The fraction of sp³-hybridized carbons (Fsp3) is 0.300. The average molecular weight is 367 g/mol. The van der Waals surface area contributed by atoms with Crippen molar-refractivity contribution in [2.24, 2.45) is 0 Å². The molecule has 14 heavy (non-hydrogen) atoms. The van der Waals surface area contributed by atoms with Gasteiger partial charge in [-0.25, -0.2) is 0 Å². The average Bonchev–Trinajstić information content (AvgIpc) is 2.19. The SMILES string of the molecule is O=CC1(I)CCc2cc(Br)ccc2O1. The minimum atomic E-state index is -0.668. The molecule has 0 N–H and O–H groups in total. The number of carbonyl (C=O) groups excluding carboxylic acids is 1. The number of aryl methyl sites for hydroxylation is 1. The number of halogens is 2. The number of hydrogen-bond donors (Lipinski definition) is 0. The first-order chi connectivity index (χ1) is 6.63. The molecular weight excluding hydrogens is 359 g/mol. The molecule has 0 fully saturated rings. The van der Waals surface area contributed by atoms with E-state index in [9.17, 15) is 4.79 Å². The van der Waals surface area contributed by atoms with Crippen molar-refractivity contribution >= 4 is 44.8 Å². The van der Waals surface area contributed by atoms with Crippen molar-refractivity contribution in [2.45, 2.75) is 16.4 Å². The molecule has 1 heterocycles. The Morgan fingerprint density at radius 1 is 1.57 bits per heavy atom. The van der Waals surface area contributed by atoms with Crippen LogP contribution in [0, 0.1) is 0 Å². The summed E-state index contributed by atoms with van der Waals surface area (Å²) < 4.78 is 6.00. The Kier molecular flexibility index (Phi) is 2.83. The summed E-state index contributed by atoms with van der Waals surface area (Å²) in [5, 5.41) is 0. The lowest BCUT2D eigenvalue weighted by Gasteiger charge is -2.29. The Labute approximate surface area is 104 Å². The Morgan fingerprint density at radius 2 is 2.36 bits per heavy atom. The molecule has 0 aromatic heterocycles. The number of aldehydes is 1. The maximum absolute atomic E-state index is 10.8. The van der Waals surface area contributed by atoms with Gasteiger partial charge in [-0.1, -0.05) is 15.9 Å². The number of benzene rings is 1. The molecule has 0 amide bonds. The molecule has 1 aliphatic rings. The Morgan fingerprint density at radius 3 is 3.07 bits per heavy atom. The Bertz CT molecular complexity index is 380. The lowest BCUT2D eigenvalue weighted by molar-refractivity contribution is -0.115. The van der Waals surface area contributed by atoms with Crippen LogP contribution in [0.4, 0.5) is 0 Å². The maximum Gasteiger partial charge on any atom is 0.214 e. The Balaban J connectivity index is 2.36. The zero-order valence-corrected chi connectivity index (χ0v) is 11.0. The van der Waals surface area contributed by atoms with Crippen molar-refractivity contribution in [1.29, 1.82) is 0 Å². The van der Waals surface area contributed by atoms with E-state index in [-0.39, 0.29) is 0 Å². The van der Waals surface area contributed by atoms with Crippen LogP contribution in [0.2, 0.25) is 0 Å². The van der Waals surface area contributed by atoms with Crippen LogP contribution in [0.5, 0.6) is 5.75 Å². The molecule has 1 aromatic rings. The third-order valence-corrected chi connectivity index (χ3v) is 3.72.